The first-order valence-electron chi connectivity index (χ1n) is 6.95. The van der Waals surface area contributed by atoms with Gasteiger partial charge in [-0.15, -0.1) is 0 Å². The zero-order valence-electron chi connectivity index (χ0n) is 12.2. The smallest absolute Gasteiger partial charge is 0.309 e. The van der Waals surface area contributed by atoms with Gasteiger partial charge in [0.15, 0.2) is 0 Å². The molecule has 0 saturated heterocycles. The molecule has 0 aliphatic rings. The molecule has 2 rings (SSSR count). The van der Waals surface area contributed by atoms with Crippen molar-refractivity contribution in [3.05, 3.63) is 41.4 Å². The van der Waals surface area contributed by atoms with Crippen LogP contribution in [0, 0.1) is 5.41 Å². The van der Waals surface area contributed by atoms with Gasteiger partial charge in [0.05, 0.1) is 12.0 Å². The summed E-state index contributed by atoms with van der Waals surface area (Å²) in [5.74, 6) is 0.00238. The van der Waals surface area contributed by atoms with Gasteiger partial charge < -0.3 is 9.84 Å². The Morgan fingerprint density at radius 2 is 1.86 bits per heavy atom. The molecule has 0 aromatic heterocycles. The molecular formula is C17H19ClO3. The summed E-state index contributed by atoms with van der Waals surface area (Å²) < 4.78 is 5.80. The van der Waals surface area contributed by atoms with Gasteiger partial charge in [0, 0.05) is 15.8 Å². The van der Waals surface area contributed by atoms with E-state index in [-0.39, 0.29) is 0 Å². The second-order valence-corrected chi connectivity index (χ2v) is 6.14. The van der Waals surface area contributed by atoms with Crippen molar-refractivity contribution in [3.63, 3.8) is 0 Å². The van der Waals surface area contributed by atoms with Gasteiger partial charge in [-0.1, -0.05) is 35.9 Å². The Balaban J connectivity index is 2.02. The predicted molar refractivity (Wildman–Crippen MR) is 85.1 cm³/mol. The van der Waals surface area contributed by atoms with Crippen LogP contribution >= 0.6 is 11.6 Å². The molecule has 0 aliphatic heterocycles. The topological polar surface area (TPSA) is 46.5 Å². The van der Waals surface area contributed by atoms with Gasteiger partial charge in [-0.05, 0) is 38.8 Å². The van der Waals surface area contributed by atoms with Gasteiger partial charge in [0.1, 0.15) is 5.75 Å². The van der Waals surface area contributed by atoms with E-state index in [1.807, 2.05) is 36.4 Å². The van der Waals surface area contributed by atoms with Crippen molar-refractivity contribution in [2.45, 2.75) is 26.7 Å². The van der Waals surface area contributed by atoms with Gasteiger partial charge in [-0.2, -0.15) is 0 Å². The first-order chi connectivity index (χ1) is 9.92. The number of aliphatic carboxylic acids is 1. The molecular weight excluding hydrogens is 288 g/mol. The molecule has 0 saturated carbocycles. The van der Waals surface area contributed by atoms with E-state index in [9.17, 15) is 4.79 Å². The van der Waals surface area contributed by atoms with Crippen LogP contribution in [0.3, 0.4) is 0 Å². The number of ether oxygens (including phenoxy) is 1. The number of carbonyl (C=O) groups is 1. The van der Waals surface area contributed by atoms with Gasteiger partial charge >= 0.3 is 5.97 Å². The van der Waals surface area contributed by atoms with Crippen LogP contribution in [-0.2, 0) is 4.79 Å². The molecule has 0 amide bonds. The Morgan fingerprint density at radius 3 is 2.52 bits per heavy atom. The van der Waals surface area contributed by atoms with Gasteiger partial charge in [0.2, 0.25) is 0 Å². The monoisotopic (exact) mass is 306 g/mol. The van der Waals surface area contributed by atoms with Crippen molar-refractivity contribution in [1.82, 2.24) is 0 Å². The maximum absolute atomic E-state index is 11.0. The quantitative estimate of drug-likeness (QED) is 0.782. The van der Waals surface area contributed by atoms with E-state index in [1.54, 1.807) is 13.8 Å². The maximum Gasteiger partial charge on any atom is 0.309 e. The molecule has 1 N–H and O–H groups in total. The lowest BCUT2D eigenvalue weighted by Crippen LogP contribution is -2.24. The van der Waals surface area contributed by atoms with Gasteiger partial charge in [0.25, 0.3) is 0 Å². The average molecular weight is 307 g/mol. The molecule has 2 aromatic rings. The fraction of sp³-hybridized carbons (Fsp3) is 0.353. The van der Waals surface area contributed by atoms with Crippen LogP contribution in [0.4, 0.5) is 0 Å². The third-order valence-corrected chi connectivity index (χ3v) is 3.94. The summed E-state index contributed by atoms with van der Waals surface area (Å²) in [5.41, 5.74) is -0.717. The second-order valence-electron chi connectivity index (χ2n) is 5.73. The van der Waals surface area contributed by atoms with E-state index >= 15 is 0 Å². The van der Waals surface area contributed by atoms with Crippen LogP contribution in [-0.4, -0.2) is 17.7 Å². The van der Waals surface area contributed by atoms with Gasteiger partial charge in [-0.25, -0.2) is 0 Å². The second kappa shape index (κ2) is 6.35. The van der Waals surface area contributed by atoms with E-state index in [4.69, 9.17) is 21.4 Å². The number of hydrogen-bond donors (Lipinski definition) is 1. The van der Waals surface area contributed by atoms with Crippen molar-refractivity contribution < 1.29 is 14.6 Å². The molecule has 0 bridgehead atoms. The zero-order chi connectivity index (χ0) is 15.5. The number of carboxylic acid groups (broad SMARTS) is 1. The van der Waals surface area contributed by atoms with Crippen LogP contribution in [0.5, 0.6) is 5.75 Å². The third kappa shape index (κ3) is 3.67. The van der Waals surface area contributed by atoms with Crippen LogP contribution < -0.4 is 4.74 Å². The normalized spacial score (nSPS) is 11.6. The fourth-order valence-corrected chi connectivity index (χ4v) is 2.39. The SMILES string of the molecule is CC(C)(CCCOc1ccc(Cl)c2ccccc12)C(=O)O. The third-order valence-electron chi connectivity index (χ3n) is 3.61. The van der Waals surface area contributed by atoms with E-state index in [1.165, 1.54) is 0 Å². The standard InChI is InChI=1S/C17H19ClO3/c1-17(2,16(19)20)10-5-11-21-15-9-8-14(18)12-6-3-4-7-13(12)15/h3-4,6-9H,5,10-11H2,1-2H3,(H,19,20). The number of benzene rings is 2. The van der Waals surface area contributed by atoms with Crippen molar-refractivity contribution >= 4 is 28.3 Å². The largest absolute Gasteiger partial charge is 0.493 e. The Labute approximate surface area is 129 Å². The lowest BCUT2D eigenvalue weighted by molar-refractivity contribution is -0.147. The first-order valence-corrected chi connectivity index (χ1v) is 7.33. The minimum Gasteiger partial charge on any atom is -0.493 e. The molecule has 0 aliphatic carbocycles. The highest BCUT2D eigenvalue weighted by Crippen LogP contribution is 2.31. The Kier molecular flexibility index (Phi) is 4.73. The van der Waals surface area contributed by atoms with E-state index in [0.29, 0.717) is 24.5 Å². The molecule has 2 aromatic carbocycles. The highest BCUT2D eigenvalue weighted by atomic mass is 35.5. The molecule has 0 spiro atoms. The summed E-state index contributed by atoms with van der Waals surface area (Å²) >= 11 is 6.16. The summed E-state index contributed by atoms with van der Waals surface area (Å²) in [6.45, 7) is 3.95. The zero-order valence-corrected chi connectivity index (χ0v) is 13.0. The first kappa shape index (κ1) is 15.6. The molecule has 0 fully saturated rings. The van der Waals surface area contributed by atoms with E-state index in [0.717, 1.165) is 16.5 Å². The average Bonchev–Trinajstić information content (AvgIpc) is 2.46. The Hall–Kier alpha value is -1.74. The van der Waals surface area contributed by atoms with Crippen LogP contribution in [0.15, 0.2) is 36.4 Å². The lowest BCUT2D eigenvalue weighted by atomic mass is 9.88. The summed E-state index contributed by atoms with van der Waals surface area (Å²) in [4.78, 5) is 11.0. The summed E-state index contributed by atoms with van der Waals surface area (Å²) in [5, 5.41) is 11.7. The lowest BCUT2D eigenvalue weighted by Gasteiger charge is -2.19. The molecule has 4 heteroatoms. The van der Waals surface area contributed by atoms with Crippen LogP contribution in [0.2, 0.25) is 5.02 Å². The molecule has 0 unspecified atom stereocenters. The number of rotatable bonds is 6. The van der Waals surface area contributed by atoms with Crippen molar-refractivity contribution in [3.8, 4) is 5.75 Å². The summed E-state index contributed by atoms with van der Waals surface area (Å²) in [6.07, 6.45) is 1.27. The molecule has 0 atom stereocenters. The number of halogens is 1. The Bertz CT molecular complexity index is 650. The van der Waals surface area contributed by atoms with E-state index in [2.05, 4.69) is 0 Å². The molecule has 21 heavy (non-hydrogen) atoms. The highest BCUT2D eigenvalue weighted by molar-refractivity contribution is 6.35. The van der Waals surface area contributed by atoms with Crippen LogP contribution in [0.25, 0.3) is 10.8 Å². The molecule has 0 radical (unpaired) electrons. The maximum atomic E-state index is 11.0. The summed E-state index contributed by atoms with van der Waals surface area (Å²) in [7, 11) is 0. The fourth-order valence-electron chi connectivity index (χ4n) is 2.16. The van der Waals surface area contributed by atoms with Crippen molar-refractivity contribution in [1.29, 1.82) is 0 Å². The minimum atomic E-state index is -0.778. The number of fused-ring (bicyclic) bond motifs is 1. The molecule has 112 valence electrons. The molecule has 0 heterocycles. The Morgan fingerprint density at radius 1 is 1.19 bits per heavy atom. The van der Waals surface area contributed by atoms with Crippen molar-refractivity contribution in [2.24, 2.45) is 5.41 Å². The van der Waals surface area contributed by atoms with Crippen LogP contribution in [0.1, 0.15) is 26.7 Å². The molecule has 3 nitrogen and oxygen atoms in total. The number of hydrogen-bond acceptors (Lipinski definition) is 2. The van der Waals surface area contributed by atoms with Crippen molar-refractivity contribution in [2.75, 3.05) is 6.61 Å². The minimum absolute atomic E-state index is 0.488. The van der Waals surface area contributed by atoms with E-state index < -0.39 is 11.4 Å². The van der Waals surface area contributed by atoms with Gasteiger partial charge in [-0.3, -0.25) is 4.79 Å². The highest BCUT2D eigenvalue weighted by Gasteiger charge is 2.26. The number of carboxylic acids is 1. The predicted octanol–water partition coefficient (Wildman–Crippen LogP) is 4.76. The summed E-state index contributed by atoms with van der Waals surface area (Å²) in [6, 6.07) is 11.5.